The average molecular weight is 111 g/mol. The van der Waals surface area contributed by atoms with E-state index >= 15 is 0 Å². The van der Waals surface area contributed by atoms with E-state index in [1.165, 1.54) is 0 Å². The lowest BCUT2D eigenvalue weighted by Gasteiger charge is -1.84. The molecule has 0 fully saturated rings. The van der Waals surface area contributed by atoms with Crippen molar-refractivity contribution in [1.82, 2.24) is 20.4 Å². The predicted molar refractivity (Wildman–Crippen MR) is 27.0 cm³/mol. The minimum atomic E-state index is -0.132. The molecule has 0 saturated heterocycles. The lowest BCUT2D eigenvalue weighted by atomic mass is 10.5. The Balaban J connectivity index is 2.88. The number of hydrogen-bond acceptors (Lipinski definition) is 4. The van der Waals surface area contributed by atoms with Crippen molar-refractivity contribution in [3.05, 3.63) is 12.1 Å². The fourth-order valence-electron chi connectivity index (χ4n) is 0.342. The minimum Gasteiger partial charge on any atom is -0.135 e. The number of hydrogen-bond donors (Lipinski definition) is 0. The Morgan fingerprint density at radius 2 is 2.25 bits per heavy atom. The first kappa shape index (κ1) is 3.88. The maximum Gasteiger partial charge on any atom is 0.173 e. The van der Waals surface area contributed by atoms with Crippen LogP contribution in [0.3, 0.4) is 0 Å². The number of aryl methyl sites for hydroxylation is 1. The molecule has 0 radical (unpaired) electrons. The molecule has 0 aliphatic rings. The molecule has 42 valence electrons. The molecule has 8 heavy (non-hydrogen) atoms. The standard InChI is InChI=1S/C4H6N4/c1-2-4-7-5-3-6-8-4/h3H,2H2,1H3/i3D. The monoisotopic (exact) mass is 111 g/mol. The predicted octanol–water partition coefficient (Wildman–Crippen LogP) is -0.171. The van der Waals surface area contributed by atoms with Gasteiger partial charge in [0.2, 0.25) is 0 Å². The van der Waals surface area contributed by atoms with E-state index in [2.05, 4.69) is 20.4 Å². The van der Waals surface area contributed by atoms with E-state index in [9.17, 15) is 0 Å². The van der Waals surface area contributed by atoms with E-state index in [-0.39, 0.29) is 6.30 Å². The van der Waals surface area contributed by atoms with Crippen LogP contribution in [-0.2, 0) is 6.42 Å². The van der Waals surface area contributed by atoms with Gasteiger partial charge in [-0.2, -0.15) is 0 Å². The van der Waals surface area contributed by atoms with Crippen LogP contribution in [0.4, 0.5) is 0 Å². The van der Waals surface area contributed by atoms with Crippen LogP contribution in [-0.4, -0.2) is 20.4 Å². The zero-order chi connectivity index (χ0) is 6.69. The smallest absolute Gasteiger partial charge is 0.135 e. The fourth-order valence-corrected chi connectivity index (χ4v) is 0.342. The van der Waals surface area contributed by atoms with Crippen molar-refractivity contribution in [2.75, 3.05) is 0 Å². The van der Waals surface area contributed by atoms with Gasteiger partial charge in [0.25, 0.3) is 0 Å². The third-order valence-corrected chi connectivity index (χ3v) is 0.737. The van der Waals surface area contributed by atoms with Crippen LogP contribution in [0.2, 0.25) is 0 Å². The van der Waals surface area contributed by atoms with E-state index < -0.39 is 0 Å². The largest absolute Gasteiger partial charge is 0.173 e. The van der Waals surface area contributed by atoms with E-state index in [1.807, 2.05) is 6.92 Å². The molecule has 1 aromatic rings. The zero-order valence-electron chi connectivity index (χ0n) is 5.50. The maximum absolute atomic E-state index is 6.82. The number of aromatic nitrogens is 4. The Labute approximate surface area is 48.4 Å². The molecule has 4 nitrogen and oxygen atoms in total. The van der Waals surface area contributed by atoms with Crippen molar-refractivity contribution in [3.63, 3.8) is 0 Å². The van der Waals surface area contributed by atoms with Crippen LogP contribution in [0, 0.1) is 0 Å². The van der Waals surface area contributed by atoms with Crippen LogP contribution < -0.4 is 0 Å². The van der Waals surface area contributed by atoms with Gasteiger partial charge in [-0.15, -0.1) is 20.4 Å². The molecular weight excluding hydrogens is 104 g/mol. The Kier molecular flexibility index (Phi) is 1.12. The lowest BCUT2D eigenvalue weighted by molar-refractivity contribution is 0.767. The Hall–Kier alpha value is -1.06. The van der Waals surface area contributed by atoms with Crippen molar-refractivity contribution in [1.29, 1.82) is 0 Å². The molecule has 0 aliphatic carbocycles. The van der Waals surface area contributed by atoms with Crippen LogP contribution in [0.25, 0.3) is 0 Å². The van der Waals surface area contributed by atoms with Gasteiger partial charge in [0.15, 0.2) is 12.1 Å². The lowest BCUT2D eigenvalue weighted by Crippen LogP contribution is -1.95. The van der Waals surface area contributed by atoms with Gasteiger partial charge in [-0.1, -0.05) is 6.92 Å². The summed E-state index contributed by atoms with van der Waals surface area (Å²) in [7, 11) is 0. The summed E-state index contributed by atoms with van der Waals surface area (Å²) >= 11 is 0. The maximum atomic E-state index is 6.82. The highest BCUT2D eigenvalue weighted by Gasteiger charge is 1.86. The fraction of sp³-hybridized carbons (Fsp3) is 0.500. The molecule has 0 aliphatic heterocycles. The molecule has 0 atom stereocenters. The van der Waals surface area contributed by atoms with Crippen molar-refractivity contribution in [2.45, 2.75) is 13.3 Å². The molecule has 0 bridgehead atoms. The summed E-state index contributed by atoms with van der Waals surface area (Å²) in [6.45, 7) is 1.91. The molecule has 4 heteroatoms. The minimum absolute atomic E-state index is 0.132. The van der Waals surface area contributed by atoms with Gasteiger partial charge in [0, 0.05) is 6.42 Å². The van der Waals surface area contributed by atoms with Gasteiger partial charge in [-0.3, -0.25) is 0 Å². The summed E-state index contributed by atoms with van der Waals surface area (Å²) in [5.74, 6) is 0.575. The van der Waals surface area contributed by atoms with Crippen molar-refractivity contribution < 1.29 is 1.37 Å². The van der Waals surface area contributed by atoms with Gasteiger partial charge in [-0.05, 0) is 0 Å². The topological polar surface area (TPSA) is 51.6 Å². The SMILES string of the molecule is [2H]c1nnc(CC)nn1. The van der Waals surface area contributed by atoms with Crippen LogP contribution >= 0.6 is 0 Å². The van der Waals surface area contributed by atoms with Gasteiger partial charge >= 0.3 is 0 Å². The van der Waals surface area contributed by atoms with E-state index in [1.54, 1.807) is 0 Å². The van der Waals surface area contributed by atoms with Gasteiger partial charge in [0.05, 0.1) is 0 Å². The molecule has 0 amide bonds. The molecule has 0 unspecified atom stereocenters. The molecule has 0 saturated carbocycles. The summed E-state index contributed by atoms with van der Waals surface area (Å²) in [6, 6.07) is 0. The van der Waals surface area contributed by atoms with E-state index in [0.29, 0.717) is 12.2 Å². The molecule has 1 rings (SSSR count). The third-order valence-electron chi connectivity index (χ3n) is 0.737. The number of nitrogens with zero attached hydrogens (tertiary/aromatic N) is 4. The molecule has 0 N–H and O–H groups in total. The first-order valence-electron chi connectivity index (χ1n) is 2.86. The first-order chi connectivity index (χ1) is 4.33. The van der Waals surface area contributed by atoms with Crippen molar-refractivity contribution >= 4 is 0 Å². The van der Waals surface area contributed by atoms with E-state index in [0.717, 1.165) is 0 Å². The molecular formula is C4H6N4. The average Bonchev–Trinajstić information content (AvgIpc) is 1.90. The Bertz CT molecular complexity index is 184. The second-order valence-corrected chi connectivity index (χ2v) is 1.27. The van der Waals surface area contributed by atoms with Crippen LogP contribution in [0.15, 0.2) is 6.30 Å². The quantitative estimate of drug-likeness (QED) is 0.504. The highest BCUT2D eigenvalue weighted by Crippen LogP contribution is 1.79. The van der Waals surface area contributed by atoms with Gasteiger partial charge < -0.3 is 0 Å². The van der Waals surface area contributed by atoms with Crippen LogP contribution in [0.1, 0.15) is 14.1 Å². The van der Waals surface area contributed by atoms with E-state index in [4.69, 9.17) is 1.37 Å². The third kappa shape index (κ3) is 0.959. The zero-order valence-corrected chi connectivity index (χ0v) is 4.50. The Morgan fingerprint density at radius 1 is 1.62 bits per heavy atom. The van der Waals surface area contributed by atoms with Crippen LogP contribution in [0.5, 0.6) is 0 Å². The summed E-state index contributed by atoms with van der Waals surface area (Å²) in [6.07, 6.45) is 0.576. The normalized spacial score (nSPS) is 10.9. The van der Waals surface area contributed by atoms with Gasteiger partial charge in [0.1, 0.15) is 1.37 Å². The summed E-state index contributed by atoms with van der Waals surface area (Å²) in [4.78, 5) is 0. The summed E-state index contributed by atoms with van der Waals surface area (Å²) in [5, 5.41) is 14.0. The highest BCUT2D eigenvalue weighted by atomic mass is 15.3. The molecule has 1 heterocycles. The van der Waals surface area contributed by atoms with Crippen molar-refractivity contribution in [3.8, 4) is 0 Å². The van der Waals surface area contributed by atoms with Crippen molar-refractivity contribution in [2.24, 2.45) is 0 Å². The molecule has 0 aromatic carbocycles. The van der Waals surface area contributed by atoms with Gasteiger partial charge in [-0.25, -0.2) is 0 Å². The Morgan fingerprint density at radius 3 is 2.75 bits per heavy atom. The highest BCUT2D eigenvalue weighted by molar-refractivity contribution is 4.72. The second-order valence-electron chi connectivity index (χ2n) is 1.27. The first-order valence-corrected chi connectivity index (χ1v) is 2.36. The molecule has 0 spiro atoms. The summed E-state index contributed by atoms with van der Waals surface area (Å²) < 4.78 is 6.82. The summed E-state index contributed by atoms with van der Waals surface area (Å²) in [5.41, 5.74) is 0. The molecule has 1 aromatic heterocycles. The second kappa shape index (κ2) is 2.30. The number of rotatable bonds is 1.